The minimum Gasteiger partial charge on any atom is -0.465 e. The van der Waals surface area contributed by atoms with E-state index in [9.17, 15) is 18.0 Å². The van der Waals surface area contributed by atoms with E-state index in [-0.39, 0.29) is 10.5 Å². The number of fused-ring (bicyclic) bond motifs is 2. The van der Waals surface area contributed by atoms with Crippen molar-refractivity contribution < 1.29 is 22.7 Å². The summed E-state index contributed by atoms with van der Waals surface area (Å²) in [5.74, 6) is -1.06. The Hall–Kier alpha value is -3.49. The van der Waals surface area contributed by atoms with Crippen molar-refractivity contribution in [1.82, 2.24) is 8.87 Å². The molecule has 0 radical (unpaired) electrons. The topological polar surface area (TPSA) is 85.7 Å². The SMILES string of the molecule is COC(=O)c1cn(C(=O)CN(C)S(=O)(=O)c2ccc3ccccc3c2)c2ccccc12. The first kappa shape index (κ1) is 20.8. The molecule has 8 heteroatoms. The summed E-state index contributed by atoms with van der Waals surface area (Å²) in [6.07, 6.45) is 1.38. The fourth-order valence-electron chi connectivity index (χ4n) is 3.52. The number of carbonyl (C=O) groups is 2. The minimum atomic E-state index is -3.89. The molecule has 1 aromatic heterocycles. The molecule has 0 bridgehead atoms. The van der Waals surface area contributed by atoms with Crippen LogP contribution < -0.4 is 0 Å². The van der Waals surface area contributed by atoms with Gasteiger partial charge in [-0.15, -0.1) is 0 Å². The minimum absolute atomic E-state index is 0.106. The molecule has 31 heavy (non-hydrogen) atoms. The van der Waals surface area contributed by atoms with E-state index in [1.54, 1.807) is 36.4 Å². The van der Waals surface area contributed by atoms with Crippen molar-refractivity contribution in [3.8, 4) is 0 Å². The number of hydrogen-bond acceptors (Lipinski definition) is 5. The van der Waals surface area contributed by atoms with Crippen molar-refractivity contribution in [2.75, 3.05) is 20.7 Å². The first-order valence-electron chi connectivity index (χ1n) is 9.49. The van der Waals surface area contributed by atoms with Gasteiger partial charge in [-0.05, 0) is 29.0 Å². The van der Waals surface area contributed by atoms with Gasteiger partial charge < -0.3 is 4.74 Å². The number of likely N-dealkylation sites (N-methyl/N-ethyl adjacent to an activating group) is 1. The highest BCUT2D eigenvalue weighted by Crippen LogP contribution is 2.24. The number of carbonyl (C=O) groups excluding carboxylic acids is 2. The van der Waals surface area contributed by atoms with Gasteiger partial charge in [-0.2, -0.15) is 4.31 Å². The fourth-order valence-corrected chi connectivity index (χ4v) is 4.67. The molecule has 0 saturated carbocycles. The van der Waals surface area contributed by atoms with Crippen LogP contribution in [0.3, 0.4) is 0 Å². The van der Waals surface area contributed by atoms with Crippen molar-refractivity contribution in [3.05, 3.63) is 78.5 Å². The van der Waals surface area contributed by atoms with Crippen molar-refractivity contribution in [1.29, 1.82) is 0 Å². The zero-order valence-electron chi connectivity index (χ0n) is 17.0. The number of para-hydroxylation sites is 1. The second kappa shape index (κ2) is 7.98. The molecule has 4 aromatic rings. The summed E-state index contributed by atoms with van der Waals surface area (Å²) in [4.78, 5) is 25.2. The normalized spacial score (nSPS) is 11.8. The van der Waals surface area contributed by atoms with Crippen LogP contribution in [0.15, 0.2) is 77.8 Å². The van der Waals surface area contributed by atoms with E-state index in [1.165, 1.54) is 31.0 Å². The highest BCUT2D eigenvalue weighted by atomic mass is 32.2. The molecular weight excluding hydrogens is 416 g/mol. The van der Waals surface area contributed by atoms with Crippen LogP contribution in [0, 0.1) is 0 Å². The lowest BCUT2D eigenvalue weighted by molar-refractivity contribution is 0.0603. The van der Waals surface area contributed by atoms with Crippen LogP contribution in [-0.2, 0) is 14.8 Å². The predicted molar refractivity (Wildman–Crippen MR) is 118 cm³/mol. The molecule has 4 rings (SSSR count). The molecule has 0 aliphatic rings. The lowest BCUT2D eigenvalue weighted by Gasteiger charge is -2.17. The molecule has 0 spiro atoms. The number of aromatic nitrogens is 1. The molecule has 0 saturated heterocycles. The molecule has 0 atom stereocenters. The average Bonchev–Trinajstić information content (AvgIpc) is 3.18. The Morgan fingerprint density at radius 3 is 2.39 bits per heavy atom. The molecule has 0 fully saturated rings. The average molecular weight is 436 g/mol. The van der Waals surface area contributed by atoms with E-state index >= 15 is 0 Å². The van der Waals surface area contributed by atoms with E-state index in [1.807, 2.05) is 24.3 Å². The lowest BCUT2D eigenvalue weighted by atomic mass is 10.1. The second-order valence-electron chi connectivity index (χ2n) is 7.09. The number of nitrogens with zero attached hydrogens (tertiary/aromatic N) is 2. The molecule has 1 heterocycles. The van der Waals surface area contributed by atoms with E-state index < -0.39 is 28.4 Å². The summed E-state index contributed by atoms with van der Waals surface area (Å²) in [7, 11) is -1.27. The maximum absolute atomic E-state index is 13.1. The summed E-state index contributed by atoms with van der Waals surface area (Å²) in [5.41, 5.74) is 0.746. The van der Waals surface area contributed by atoms with E-state index in [0.29, 0.717) is 10.9 Å². The predicted octanol–water partition coefficient (Wildman–Crippen LogP) is 3.54. The number of esters is 1. The highest BCUT2D eigenvalue weighted by Gasteiger charge is 2.25. The lowest BCUT2D eigenvalue weighted by Crippen LogP contribution is -2.34. The van der Waals surface area contributed by atoms with Crippen LogP contribution in [0.2, 0.25) is 0 Å². The molecule has 0 N–H and O–H groups in total. The van der Waals surface area contributed by atoms with Gasteiger partial charge in [0.25, 0.3) is 0 Å². The molecule has 158 valence electrons. The van der Waals surface area contributed by atoms with E-state index in [0.717, 1.165) is 15.1 Å². The van der Waals surface area contributed by atoms with Crippen LogP contribution in [0.5, 0.6) is 0 Å². The van der Waals surface area contributed by atoms with Crippen LogP contribution >= 0.6 is 0 Å². The van der Waals surface area contributed by atoms with E-state index in [4.69, 9.17) is 4.74 Å². The Bertz CT molecular complexity index is 1420. The molecule has 7 nitrogen and oxygen atoms in total. The third kappa shape index (κ3) is 3.71. The van der Waals surface area contributed by atoms with E-state index in [2.05, 4.69) is 0 Å². The Labute approximate surface area is 179 Å². The molecule has 3 aromatic carbocycles. The fraction of sp³-hybridized carbons (Fsp3) is 0.130. The van der Waals surface area contributed by atoms with Gasteiger partial charge >= 0.3 is 5.97 Å². The number of methoxy groups -OCH3 is 1. The van der Waals surface area contributed by atoms with Crippen LogP contribution in [0.1, 0.15) is 15.2 Å². The van der Waals surface area contributed by atoms with Gasteiger partial charge in [0.1, 0.15) is 0 Å². The van der Waals surface area contributed by atoms with Gasteiger partial charge in [0, 0.05) is 18.6 Å². The summed E-state index contributed by atoms with van der Waals surface area (Å²) in [6.45, 7) is -0.394. The van der Waals surface area contributed by atoms with Gasteiger partial charge in [0.2, 0.25) is 15.9 Å². The zero-order valence-corrected chi connectivity index (χ0v) is 17.8. The first-order valence-corrected chi connectivity index (χ1v) is 10.9. The number of hydrogen-bond donors (Lipinski definition) is 0. The Kier molecular flexibility index (Phi) is 5.34. The standard InChI is InChI=1S/C23H20N2O5S/c1-24(31(28,29)18-12-11-16-7-3-4-8-17(16)13-18)15-22(26)25-14-20(23(27)30-2)19-9-5-6-10-21(19)25/h3-14H,15H2,1-2H3. The second-order valence-corrected chi connectivity index (χ2v) is 9.13. The summed E-state index contributed by atoms with van der Waals surface area (Å²) >= 11 is 0. The molecule has 0 amide bonds. The van der Waals surface area contributed by atoms with Crippen LogP contribution in [-0.4, -0.2) is 49.9 Å². The first-order chi connectivity index (χ1) is 14.8. The molecule has 0 unspecified atom stereocenters. The van der Waals surface area contributed by atoms with Crippen molar-refractivity contribution in [3.63, 3.8) is 0 Å². The maximum atomic E-state index is 13.1. The highest BCUT2D eigenvalue weighted by molar-refractivity contribution is 7.89. The third-order valence-corrected chi connectivity index (χ3v) is 6.97. The zero-order chi connectivity index (χ0) is 22.2. The Morgan fingerprint density at radius 2 is 1.65 bits per heavy atom. The van der Waals surface area contributed by atoms with Gasteiger partial charge in [0.15, 0.2) is 0 Å². The Morgan fingerprint density at radius 1 is 0.968 bits per heavy atom. The smallest absolute Gasteiger partial charge is 0.340 e. The van der Waals surface area contributed by atoms with Crippen molar-refractivity contribution >= 4 is 43.6 Å². The summed E-state index contributed by atoms with van der Waals surface area (Å²) in [5, 5.41) is 2.28. The van der Waals surface area contributed by atoms with Gasteiger partial charge in [-0.3, -0.25) is 9.36 Å². The van der Waals surface area contributed by atoms with Crippen molar-refractivity contribution in [2.45, 2.75) is 4.90 Å². The quantitative estimate of drug-likeness (QED) is 0.447. The van der Waals surface area contributed by atoms with Gasteiger partial charge in [0.05, 0.1) is 29.6 Å². The van der Waals surface area contributed by atoms with Crippen molar-refractivity contribution in [2.24, 2.45) is 0 Å². The van der Waals surface area contributed by atoms with Gasteiger partial charge in [-0.1, -0.05) is 48.5 Å². The third-order valence-electron chi connectivity index (χ3n) is 5.17. The summed E-state index contributed by atoms with van der Waals surface area (Å²) < 4.78 is 33.2. The maximum Gasteiger partial charge on any atom is 0.340 e. The monoisotopic (exact) mass is 436 g/mol. The molecule has 0 aliphatic heterocycles. The number of ether oxygens (including phenoxy) is 1. The van der Waals surface area contributed by atoms with Crippen LogP contribution in [0.25, 0.3) is 21.7 Å². The number of benzene rings is 3. The number of sulfonamides is 1. The van der Waals surface area contributed by atoms with Crippen LogP contribution in [0.4, 0.5) is 0 Å². The summed E-state index contributed by atoms with van der Waals surface area (Å²) in [6, 6.07) is 19.2. The largest absolute Gasteiger partial charge is 0.465 e. The number of rotatable bonds is 5. The Balaban J connectivity index is 1.66. The molecule has 0 aliphatic carbocycles. The van der Waals surface area contributed by atoms with Gasteiger partial charge in [-0.25, -0.2) is 13.2 Å². The molecular formula is C23H20N2O5S.